The Labute approximate surface area is 113 Å². The summed E-state index contributed by atoms with van der Waals surface area (Å²) in [5, 5.41) is 9.97. The van der Waals surface area contributed by atoms with Gasteiger partial charge in [-0.2, -0.15) is 0 Å². The minimum atomic E-state index is 0.510. The molecule has 1 heterocycles. The smallest absolute Gasteiger partial charge is 0.191 e. The molecule has 0 spiro atoms. The summed E-state index contributed by atoms with van der Waals surface area (Å²) in [7, 11) is 1.81. The molecule has 1 saturated carbocycles. The maximum atomic E-state index is 4.60. The van der Waals surface area contributed by atoms with Gasteiger partial charge >= 0.3 is 0 Å². The lowest BCUT2D eigenvalue weighted by molar-refractivity contribution is 0.732. The fourth-order valence-corrected chi connectivity index (χ4v) is 2.46. The van der Waals surface area contributed by atoms with Crippen molar-refractivity contribution in [1.82, 2.24) is 15.6 Å². The molecule has 1 aliphatic rings. The van der Waals surface area contributed by atoms with Crippen molar-refractivity contribution in [2.75, 3.05) is 13.6 Å². The Morgan fingerprint density at radius 3 is 2.83 bits per heavy atom. The van der Waals surface area contributed by atoms with Gasteiger partial charge in [0.25, 0.3) is 0 Å². The predicted molar refractivity (Wildman–Crippen MR) is 77.1 cm³/mol. The molecule has 2 rings (SSSR count). The van der Waals surface area contributed by atoms with E-state index in [0.29, 0.717) is 5.92 Å². The van der Waals surface area contributed by atoms with Crippen molar-refractivity contribution in [2.45, 2.75) is 39.2 Å². The molecule has 0 bridgehead atoms. The van der Waals surface area contributed by atoms with Crippen molar-refractivity contribution in [3.8, 4) is 0 Å². The number of rotatable bonds is 5. The molecule has 1 aliphatic carbocycles. The number of aromatic nitrogens is 1. The van der Waals surface area contributed by atoms with E-state index in [2.05, 4.69) is 39.8 Å². The standard InChI is InChI=1S/C13H22N4S/c1-9(2)12-17-11(8-18-12)7-16-13(14-3)15-6-10-4-5-10/h8-10H,4-7H2,1-3H3,(H2,14,15,16). The largest absolute Gasteiger partial charge is 0.356 e. The molecule has 100 valence electrons. The van der Waals surface area contributed by atoms with Gasteiger partial charge in [-0.25, -0.2) is 4.98 Å². The van der Waals surface area contributed by atoms with Gasteiger partial charge in [0.1, 0.15) is 0 Å². The second-order valence-electron chi connectivity index (χ2n) is 5.08. The maximum Gasteiger partial charge on any atom is 0.191 e. The van der Waals surface area contributed by atoms with Crippen LogP contribution in [0.2, 0.25) is 0 Å². The third-order valence-electron chi connectivity index (χ3n) is 2.98. The molecule has 0 aliphatic heterocycles. The van der Waals surface area contributed by atoms with Crippen LogP contribution in [0.25, 0.3) is 0 Å². The van der Waals surface area contributed by atoms with Crippen LogP contribution in [-0.2, 0) is 6.54 Å². The summed E-state index contributed by atoms with van der Waals surface area (Å²) >= 11 is 1.73. The summed E-state index contributed by atoms with van der Waals surface area (Å²) < 4.78 is 0. The van der Waals surface area contributed by atoms with Crippen molar-refractivity contribution in [3.63, 3.8) is 0 Å². The summed E-state index contributed by atoms with van der Waals surface area (Å²) in [6.45, 7) is 6.12. The summed E-state index contributed by atoms with van der Waals surface area (Å²) in [5.74, 6) is 2.24. The van der Waals surface area contributed by atoms with Gasteiger partial charge < -0.3 is 10.6 Å². The predicted octanol–water partition coefficient (Wildman–Crippen LogP) is 2.34. The fraction of sp³-hybridized carbons (Fsp3) is 0.692. The number of guanidine groups is 1. The van der Waals surface area contributed by atoms with E-state index in [0.717, 1.165) is 30.7 Å². The highest BCUT2D eigenvalue weighted by Gasteiger charge is 2.21. The third kappa shape index (κ3) is 3.98. The molecule has 4 nitrogen and oxygen atoms in total. The molecular weight excluding hydrogens is 244 g/mol. The Hall–Kier alpha value is -1.10. The zero-order valence-electron chi connectivity index (χ0n) is 11.4. The Morgan fingerprint density at radius 2 is 2.28 bits per heavy atom. The lowest BCUT2D eigenvalue weighted by Crippen LogP contribution is -2.37. The van der Waals surface area contributed by atoms with E-state index < -0.39 is 0 Å². The van der Waals surface area contributed by atoms with Crippen LogP contribution in [0.1, 0.15) is 43.3 Å². The SMILES string of the molecule is CN=C(NCc1csc(C(C)C)n1)NCC1CC1. The monoisotopic (exact) mass is 266 g/mol. The zero-order chi connectivity index (χ0) is 13.0. The minimum Gasteiger partial charge on any atom is -0.356 e. The van der Waals surface area contributed by atoms with Crippen LogP contribution < -0.4 is 10.6 Å². The molecule has 0 atom stereocenters. The summed E-state index contributed by atoms with van der Waals surface area (Å²) in [6, 6.07) is 0. The van der Waals surface area contributed by atoms with Gasteiger partial charge in [0.05, 0.1) is 17.2 Å². The highest BCUT2D eigenvalue weighted by molar-refractivity contribution is 7.09. The molecule has 1 aromatic heterocycles. The van der Waals surface area contributed by atoms with E-state index in [1.807, 2.05) is 7.05 Å². The number of nitrogens with zero attached hydrogens (tertiary/aromatic N) is 2. The molecule has 0 unspecified atom stereocenters. The molecule has 0 radical (unpaired) electrons. The van der Waals surface area contributed by atoms with Crippen molar-refractivity contribution in [1.29, 1.82) is 0 Å². The lowest BCUT2D eigenvalue weighted by atomic mass is 10.2. The number of hydrogen-bond donors (Lipinski definition) is 2. The van der Waals surface area contributed by atoms with Gasteiger partial charge in [0.15, 0.2) is 5.96 Å². The number of nitrogens with one attached hydrogen (secondary N) is 2. The Kier molecular flexibility index (Phi) is 4.58. The topological polar surface area (TPSA) is 49.3 Å². The highest BCUT2D eigenvalue weighted by atomic mass is 32.1. The van der Waals surface area contributed by atoms with Crippen LogP contribution >= 0.6 is 11.3 Å². The molecule has 1 aromatic rings. The van der Waals surface area contributed by atoms with Crippen molar-refractivity contribution in [3.05, 3.63) is 16.1 Å². The van der Waals surface area contributed by atoms with Crippen molar-refractivity contribution in [2.24, 2.45) is 10.9 Å². The molecule has 2 N–H and O–H groups in total. The van der Waals surface area contributed by atoms with Gasteiger partial charge in [0, 0.05) is 24.9 Å². The van der Waals surface area contributed by atoms with E-state index in [9.17, 15) is 0 Å². The highest BCUT2D eigenvalue weighted by Crippen LogP contribution is 2.27. The van der Waals surface area contributed by atoms with Crippen LogP contribution in [-0.4, -0.2) is 24.5 Å². The second kappa shape index (κ2) is 6.18. The van der Waals surface area contributed by atoms with Crippen molar-refractivity contribution >= 4 is 17.3 Å². The molecule has 0 aromatic carbocycles. The van der Waals surface area contributed by atoms with Gasteiger partial charge in [-0.1, -0.05) is 13.8 Å². The van der Waals surface area contributed by atoms with Gasteiger partial charge in [0.2, 0.25) is 0 Å². The Morgan fingerprint density at radius 1 is 1.50 bits per heavy atom. The molecular formula is C13H22N4S. The van der Waals surface area contributed by atoms with Crippen LogP contribution in [0.5, 0.6) is 0 Å². The molecule has 1 fully saturated rings. The van der Waals surface area contributed by atoms with Crippen molar-refractivity contribution < 1.29 is 0 Å². The van der Waals surface area contributed by atoms with E-state index in [-0.39, 0.29) is 0 Å². The summed E-state index contributed by atoms with van der Waals surface area (Å²) in [5.41, 5.74) is 1.10. The average molecular weight is 266 g/mol. The van der Waals surface area contributed by atoms with Crippen LogP contribution in [0.4, 0.5) is 0 Å². The fourth-order valence-electron chi connectivity index (χ4n) is 1.63. The molecule has 18 heavy (non-hydrogen) atoms. The summed E-state index contributed by atoms with van der Waals surface area (Å²) in [4.78, 5) is 8.81. The van der Waals surface area contributed by atoms with Crippen LogP contribution in [0, 0.1) is 5.92 Å². The first-order chi connectivity index (χ1) is 8.69. The average Bonchev–Trinajstić information content (AvgIpc) is 3.05. The van der Waals surface area contributed by atoms with Gasteiger partial charge in [-0.05, 0) is 18.8 Å². The number of thiazole rings is 1. The molecule has 5 heteroatoms. The first kappa shape index (κ1) is 13.3. The van der Waals surface area contributed by atoms with Crippen LogP contribution in [0.3, 0.4) is 0 Å². The number of aliphatic imine (C=N–C) groups is 1. The van der Waals surface area contributed by atoms with E-state index in [4.69, 9.17) is 0 Å². The first-order valence-electron chi connectivity index (χ1n) is 6.58. The molecule has 0 saturated heterocycles. The second-order valence-corrected chi connectivity index (χ2v) is 5.97. The normalized spacial score (nSPS) is 16.1. The van der Waals surface area contributed by atoms with Gasteiger partial charge in [-0.3, -0.25) is 4.99 Å². The first-order valence-corrected chi connectivity index (χ1v) is 7.45. The molecule has 0 amide bonds. The summed E-state index contributed by atoms with van der Waals surface area (Å²) in [6.07, 6.45) is 2.71. The van der Waals surface area contributed by atoms with E-state index in [1.54, 1.807) is 11.3 Å². The minimum absolute atomic E-state index is 0.510. The third-order valence-corrected chi connectivity index (χ3v) is 4.17. The van der Waals surface area contributed by atoms with Gasteiger partial charge in [-0.15, -0.1) is 11.3 Å². The Bertz CT molecular complexity index is 407. The lowest BCUT2D eigenvalue weighted by Gasteiger charge is -2.10. The number of hydrogen-bond acceptors (Lipinski definition) is 3. The maximum absolute atomic E-state index is 4.60. The zero-order valence-corrected chi connectivity index (χ0v) is 12.2. The van der Waals surface area contributed by atoms with E-state index >= 15 is 0 Å². The quantitative estimate of drug-likeness (QED) is 0.635. The van der Waals surface area contributed by atoms with E-state index in [1.165, 1.54) is 17.8 Å². The Balaban J connectivity index is 1.77. The van der Waals surface area contributed by atoms with Crippen LogP contribution in [0.15, 0.2) is 10.4 Å².